The van der Waals surface area contributed by atoms with Crippen LogP contribution in [0.4, 0.5) is 13.2 Å². The highest BCUT2D eigenvalue weighted by molar-refractivity contribution is 8.13. The first-order valence-corrected chi connectivity index (χ1v) is 7.86. The first-order chi connectivity index (χ1) is 7.81. The summed E-state index contributed by atoms with van der Waals surface area (Å²) < 4.78 is 62.6. The minimum atomic E-state index is -4.27. The molecule has 0 aromatic carbocycles. The lowest BCUT2D eigenvalue weighted by Gasteiger charge is -2.29. The smallest absolute Gasteiger partial charge is 0.381 e. The van der Waals surface area contributed by atoms with Crippen LogP contribution in [0, 0.1) is 11.3 Å². The molecule has 0 bridgehead atoms. The topological polar surface area (TPSA) is 43.4 Å². The molecule has 18 heavy (non-hydrogen) atoms. The van der Waals surface area contributed by atoms with Gasteiger partial charge in [-0.05, 0) is 5.41 Å². The third-order valence-corrected chi connectivity index (χ3v) is 3.65. The van der Waals surface area contributed by atoms with Gasteiger partial charge in [0.25, 0.3) is 0 Å². The van der Waals surface area contributed by atoms with Gasteiger partial charge in [-0.15, -0.1) is 0 Å². The molecular weight excluding hydrogens is 293 g/mol. The molecule has 0 aromatic rings. The lowest BCUT2D eigenvalue weighted by Crippen LogP contribution is -2.31. The van der Waals surface area contributed by atoms with Crippen molar-refractivity contribution in [1.29, 1.82) is 0 Å². The average molecular weight is 311 g/mol. The normalized spacial score (nSPS) is 15.7. The molecule has 8 heteroatoms. The van der Waals surface area contributed by atoms with Crippen LogP contribution in [0.3, 0.4) is 0 Å². The van der Waals surface area contributed by atoms with Gasteiger partial charge in [0.15, 0.2) is 0 Å². The van der Waals surface area contributed by atoms with Gasteiger partial charge in [-0.3, -0.25) is 0 Å². The largest absolute Gasteiger partial charge is 0.391 e. The van der Waals surface area contributed by atoms with E-state index in [-0.39, 0.29) is 12.4 Å². The zero-order valence-electron chi connectivity index (χ0n) is 10.6. The lowest BCUT2D eigenvalue weighted by atomic mass is 9.82. The van der Waals surface area contributed by atoms with E-state index < -0.39 is 39.6 Å². The summed E-state index contributed by atoms with van der Waals surface area (Å²) >= 11 is 0. The zero-order chi connectivity index (χ0) is 14.6. The van der Waals surface area contributed by atoms with E-state index in [9.17, 15) is 21.6 Å². The summed E-state index contributed by atoms with van der Waals surface area (Å²) in [7, 11) is 1.45. The van der Waals surface area contributed by atoms with E-state index in [1.165, 1.54) is 0 Å². The van der Waals surface area contributed by atoms with Gasteiger partial charge in [-0.25, -0.2) is 8.42 Å². The molecule has 1 atom stereocenters. The van der Waals surface area contributed by atoms with Gasteiger partial charge in [0, 0.05) is 16.6 Å². The van der Waals surface area contributed by atoms with Gasteiger partial charge < -0.3 is 4.74 Å². The molecule has 0 fully saturated rings. The predicted molar refractivity (Wildman–Crippen MR) is 64.1 cm³/mol. The molecule has 0 aromatic heterocycles. The number of alkyl halides is 3. The second kappa shape index (κ2) is 6.43. The van der Waals surface area contributed by atoms with Crippen molar-refractivity contribution < 1.29 is 26.3 Å². The van der Waals surface area contributed by atoms with Gasteiger partial charge in [0.1, 0.15) is 0 Å². The quantitative estimate of drug-likeness (QED) is 0.559. The van der Waals surface area contributed by atoms with Crippen LogP contribution in [-0.2, 0) is 13.8 Å². The van der Waals surface area contributed by atoms with Crippen LogP contribution in [-0.4, -0.2) is 33.6 Å². The van der Waals surface area contributed by atoms with Crippen molar-refractivity contribution in [3.8, 4) is 0 Å². The third-order valence-electron chi connectivity index (χ3n) is 2.47. The molecule has 0 saturated heterocycles. The van der Waals surface area contributed by atoms with Gasteiger partial charge in [0.05, 0.1) is 25.4 Å². The first-order valence-electron chi connectivity index (χ1n) is 5.38. The molecule has 0 aliphatic carbocycles. The fourth-order valence-electron chi connectivity index (χ4n) is 1.20. The zero-order valence-corrected chi connectivity index (χ0v) is 12.1. The molecule has 0 radical (unpaired) electrons. The monoisotopic (exact) mass is 310 g/mol. The SMILES string of the molecule is CC(C)(C)C(COCCC(F)(F)F)CS(=O)(=O)Cl. The molecule has 3 nitrogen and oxygen atoms in total. The van der Waals surface area contributed by atoms with Crippen molar-refractivity contribution in [2.45, 2.75) is 33.4 Å². The van der Waals surface area contributed by atoms with Crippen molar-refractivity contribution in [2.75, 3.05) is 19.0 Å². The van der Waals surface area contributed by atoms with Crippen LogP contribution < -0.4 is 0 Å². The highest BCUT2D eigenvalue weighted by Gasteiger charge is 2.30. The summed E-state index contributed by atoms with van der Waals surface area (Å²) in [5.74, 6) is -0.766. The van der Waals surface area contributed by atoms with Gasteiger partial charge in [-0.2, -0.15) is 13.2 Å². The Morgan fingerprint density at radius 3 is 2.06 bits per heavy atom. The number of hydrogen-bond donors (Lipinski definition) is 0. The minimum absolute atomic E-state index is 0.0640. The van der Waals surface area contributed by atoms with Crippen molar-refractivity contribution in [3.63, 3.8) is 0 Å². The first kappa shape index (κ1) is 18.0. The van der Waals surface area contributed by atoms with Crippen molar-refractivity contribution in [1.82, 2.24) is 0 Å². The molecule has 0 aliphatic rings. The maximum Gasteiger partial charge on any atom is 0.391 e. The lowest BCUT2D eigenvalue weighted by molar-refractivity contribution is -0.146. The van der Waals surface area contributed by atoms with Crippen LogP contribution in [0.25, 0.3) is 0 Å². The maximum atomic E-state index is 11.9. The molecular formula is C10H18ClF3O3S. The molecule has 0 spiro atoms. The summed E-state index contributed by atoms with van der Waals surface area (Å²) in [4.78, 5) is 0. The van der Waals surface area contributed by atoms with Crippen LogP contribution in [0.1, 0.15) is 27.2 Å². The summed E-state index contributed by atoms with van der Waals surface area (Å²) in [6.45, 7) is 4.82. The molecule has 0 heterocycles. The average Bonchev–Trinajstić information content (AvgIpc) is 2.04. The van der Waals surface area contributed by atoms with Crippen LogP contribution in [0.2, 0.25) is 0 Å². The molecule has 1 unspecified atom stereocenters. The number of hydrogen-bond acceptors (Lipinski definition) is 3. The summed E-state index contributed by atoms with van der Waals surface area (Å²) in [5.41, 5.74) is -0.416. The molecule has 0 saturated carbocycles. The second-order valence-corrected chi connectivity index (χ2v) is 8.03. The standard InChI is InChI=1S/C10H18ClF3O3S/c1-9(2,3)8(7-18(11,15)16)6-17-5-4-10(12,13)14/h8H,4-7H2,1-3H3. The molecule has 0 amide bonds. The van der Waals surface area contributed by atoms with E-state index in [1.54, 1.807) is 20.8 Å². The Bertz CT molecular complexity index is 346. The van der Waals surface area contributed by atoms with Crippen molar-refractivity contribution >= 4 is 19.7 Å². The summed E-state index contributed by atoms with van der Waals surface area (Å²) in [6.07, 6.45) is -5.31. The van der Waals surface area contributed by atoms with E-state index in [0.717, 1.165) is 0 Å². The Balaban J connectivity index is 4.29. The van der Waals surface area contributed by atoms with E-state index in [1.807, 2.05) is 0 Å². The Hall–Kier alpha value is -0.0100. The summed E-state index contributed by atoms with van der Waals surface area (Å²) in [5, 5.41) is 0. The predicted octanol–water partition coefficient (Wildman–Crippen LogP) is 3.19. The molecule has 0 aliphatic heterocycles. The van der Waals surface area contributed by atoms with Crippen molar-refractivity contribution in [2.24, 2.45) is 11.3 Å². The molecule has 110 valence electrons. The highest BCUT2D eigenvalue weighted by atomic mass is 35.7. The van der Waals surface area contributed by atoms with Gasteiger partial charge >= 0.3 is 6.18 Å². The Labute approximate surface area is 110 Å². The van der Waals surface area contributed by atoms with Gasteiger partial charge in [-0.1, -0.05) is 20.8 Å². The Kier molecular flexibility index (Phi) is 6.43. The Morgan fingerprint density at radius 1 is 1.22 bits per heavy atom. The van der Waals surface area contributed by atoms with Crippen LogP contribution >= 0.6 is 10.7 Å². The fraction of sp³-hybridized carbons (Fsp3) is 1.00. The molecule has 0 rings (SSSR count). The van der Waals surface area contributed by atoms with Crippen molar-refractivity contribution in [3.05, 3.63) is 0 Å². The van der Waals surface area contributed by atoms with E-state index in [0.29, 0.717) is 0 Å². The van der Waals surface area contributed by atoms with E-state index in [4.69, 9.17) is 15.4 Å². The van der Waals surface area contributed by atoms with E-state index >= 15 is 0 Å². The number of rotatable bonds is 6. The van der Waals surface area contributed by atoms with Gasteiger partial charge in [0.2, 0.25) is 9.05 Å². The maximum absolute atomic E-state index is 11.9. The number of halogens is 4. The number of ether oxygens (including phenoxy) is 1. The Morgan fingerprint density at radius 2 is 1.72 bits per heavy atom. The van der Waals surface area contributed by atoms with E-state index in [2.05, 4.69) is 0 Å². The fourth-order valence-corrected chi connectivity index (χ4v) is 2.73. The minimum Gasteiger partial charge on any atom is -0.381 e. The third kappa shape index (κ3) is 9.96. The van der Waals surface area contributed by atoms with Crippen LogP contribution in [0.5, 0.6) is 0 Å². The molecule has 0 N–H and O–H groups in total. The second-order valence-electron chi connectivity index (χ2n) is 5.21. The summed E-state index contributed by atoms with van der Waals surface area (Å²) in [6, 6.07) is 0. The van der Waals surface area contributed by atoms with Crippen LogP contribution in [0.15, 0.2) is 0 Å². The highest BCUT2D eigenvalue weighted by Crippen LogP contribution is 2.29.